The van der Waals surface area contributed by atoms with Gasteiger partial charge in [0.2, 0.25) is 0 Å². The molecule has 2 rings (SSSR count). The summed E-state index contributed by atoms with van der Waals surface area (Å²) in [7, 11) is 0. The molecule has 68 valence electrons. The third-order valence-corrected chi connectivity index (χ3v) is 2.26. The summed E-state index contributed by atoms with van der Waals surface area (Å²) < 4.78 is 0. The molecule has 1 N–H and O–H groups in total. The minimum Gasteiger partial charge on any atom is -0.347 e. The lowest BCUT2D eigenvalue weighted by Gasteiger charge is -2.10. The second-order valence-corrected chi connectivity index (χ2v) is 3.65. The summed E-state index contributed by atoms with van der Waals surface area (Å²) in [6.07, 6.45) is 5.12. The number of hydrogen-bond acceptors (Lipinski definition) is 3. The van der Waals surface area contributed by atoms with Crippen molar-refractivity contribution in [3.05, 3.63) is 24.0 Å². The fourth-order valence-electron chi connectivity index (χ4n) is 1.08. The van der Waals surface area contributed by atoms with E-state index in [1.165, 1.54) is 12.4 Å². The highest BCUT2D eigenvalue weighted by molar-refractivity contribution is 5.94. The molecule has 1 aliphatic rings. The topological polar surface area (TPSA) is 54.9 Å². The van der Waals surface area contributed by atoms with Crippen LogP contribution in [0.1, 0.15) is 30.1 Å². The maximum Gasteiger partial charge on any atom is 0.253 e. The minimum atomic E-state index is -0.0603. The van der Waals surface area contributed by atoms with E-state index in [-0.39, 0.29) is 11.4 Å². The smallest absolute Gasteiger partial charge is 0.253 e. The van der Waals surface area contributed by atoms with Crippen LogP contribution >= 0.6 is 0 Å². The van der Waals surface area contributed by atoms with Gasteiger partial charge in [0.05, 0.1) is 18.0 Å². The van der Waals surface area contributed by atoms with E-state index in [4.69, 9.17) is 0 Å². The van der Waals surface area contributed by atoms with Gasteiger partial charge in [0.25, 0.3) is 5.91 Å². The van der Waals surface area contributed by atoms with Crippen molar-refractivity contribution in [3.8, 4) is 0 Å². The Kier molecular flexibility index (Phi) is 1.76. The maximum atomic E-state index is 11.5. The van der Waals surface area contributed by atoms with Crippen LogP contribution in [-0.4, -0.2) is 21.6 Å². The zero-order valence-electron chi connectivity index (χ0n) is 7.45. The number of hydrogen-bond donors (Lipinski definition) is 1. The van der Waals surface area contributed by atoms with E-state index in [0.717, 1.165) is 12.8 Å². The van der Waals surface area contributed by atoms with Gasteiger partial charge in [-0.25, -0.2) is 0 Å². The normalized spacial score (nSPS) is 17.9. The van der Waals surface area contributed by atoms with Crippen molar-refractivity contribution in [2.75, 3.05) is 0 Å². The molecule has 1 amide bonds. The SMILES string of the molecule is CC1(NC(=O)c2ccnnc2)CC1. The molecule has 13 heavy (non-hydrogen) atoms. The van der Waals surface area contributed by atoms with E-state index in [9.17, 15) is 4.79 Å². The average molecular weight is 177 g/mol. The molecule has 1 saturated carbocycles. The lowest BCUT2D eigenvalue weighted by atomic mass is 10.2. The van der Waals surface area contributed by atoms with Crippen molar-refractivity contribution in [1.29, 1.82) is 0 Å². The van der Waals surface area contributed by atoms with Gasteiger partial charge in [-0.2, -0.15) is 10.2 Å². The van der Waals surface area contributed by atoms with E-state index in [1.54, 1.807) is 6.07 Å². The Morgan fingerprint density at radius 3 is 2.85 bits per heavy atom. The minimum absolute atomic E-state index is 0.0281. The Morgan fingerprint density at radius 2 is 2.31 bits per heavy atom. The fraction of sp³-hybridized carbons (Fsp3) is 0.444. The van der Waals surface area contributed by atoms with Crippen LogP contribution in [-0.2, 0) is 0 Å². The Bertz CT molecular complexity index is 319. The van der Waals surface area contributed by atoms with Gasteiger partial charge in [0.15, 0.2) is 0 Å². The van der Waals surface area contributed by atoms with E-state index in [2.05, 4.69) is 15.5 Å². The van der Waals surface area contributed by atoms with Crippen LogP contribution in [0.4, 0.5) is 0 Å². The summed E-state index contributed by atoms with van der Waals surface area (Å²) in [5.74, 6) is -0.0603. The maximum absolute atomic E-state index is 11.5. The van der Waals surface area contributed by atoms with Crippen LogP contribution in [0, 0.1) is 0 Å². The molecule has 0 atom stereocenters. The molecule has 1 fully saturated rings. The van der Waals surface area contributed by atoms with E-state index >= 15 is 0 Å². The molecule has 0 spiro atoms. The van der Waals surface area contributed by atoms with Crippen molar-refractivity contribution >= 4 is 5.91 Å². The third kappa shape index (κ3) is 1.83. The van der Waals surface area contributed by atoms with E-state index in [1.807, 2.05) is 6.92 Å². The monoisotopic (exact) mass is 177 g/mol. The lowest BCUT2D eigenvalue weighted by molar-refractivity contribution is 0.0935. The Morgan fingerprint density at radius 1 is 1.54 bits per heavy atom. The van der Waals surface area contributed by atoms with Gasteiger partial charge >= 0.3 is 0 Å². The van der Waals surface area contributed by atoms with Crippen LogP contribution in [0.3, 0.4) is 0 Å². The van der Waals surface area contributed by atoms with Crippen LogP contribution in [0.15, 0.2) is 18.5 Å². The largest absolute Gasteiger partial charge is 0.347 e. The predicted octanol–water partition coefficient (Wildman–Crippen LogP) is 0.759. The van der Waals surface area contributed by atoms with Crippen molar-refractivity contribution < 1.29 is 4.79 Å². The molecule has 0 saturated heterocycles. The summed E-state index contributed by atoms with van der Waals surface area (Å²) >= 11 is 0. The molecule has 0 aromatic carbocycles. The summed E-state index contributed by atoms with van der Waals surface area (Å²) in [5.41, 5.74) is 0.600. The molecule has 0 aliphatic heterocycles. The zero-order valence-corrected chi connectivity index (χ0v) is 7.45. The number of carbonyl (C=O) groups is 1. The highest BCUT2D eigenvalue weighted by atomic mass is 16.1. The summed E-state index contributed by atoms with van der Waals surface area (Å²) in [4.78, 5) is 11.5. The van der Waals surface area contributed by atoms with Gasteiger partial charge in [-0.3, -0.25) is 4.79 Å². The molecule has 4 nitrogen and oxygen atoms in total. The number of amides is 1. The van der Waals surface area contributed by atoms with E-state index in [0.29, 0.717) is 5.56 Å². The van der Waals surface area contributed by atoms with Gasteiger partial charge < -0.3 is 5.32 Å². The molecule has 1 heterocycles. The molecular weight excluding hydrogens is 166 g/mol. The molecule has 0 bridgehead atoms. The van der Waals surface area contributed by atoms with Crippen molar-refractivity contribution in [2.45, 2.75) is 25.3 Å². The first-order valence-electron chi connectivity index (χ1n) is 4.29. The summed E-state index contributed by atoms with van der Waals surface area (Å²) in [6.45, 7) is 2.04. The Labute approximate surface area is 76.4 Å². The van der Waals surface area contributed by atoms with Crippen molar-refractivity contribution in [2.24, 2.45) is 0 Å². The van der Waals surface area contributed by atoms with Crippen LogP contribution in [0.5, 0.6) is 0 Å². The predicted molar refractivity (Wildman–Crippen MR) is 47.1 cm³/mol. The lowest BCUT2D eigenvalue weighted by Crippen LogP contribution is -2.34. The number of aromatic nitrogens is 2. The van der Waals surface area contributed by atoms with Crippen LogP contribution < -0.4 is 5.32 Å². The quantitative estimate of drug-likeness (QED) is 0.725. The Hall–Kier alpha value is -1.45. The van der Waals surface area contributed by atoms with Crippen molar-refractivity contribution in [1.82, 2.24) is 15.5 Å². The van der Waals surface area contributed by atoms with E-state index < -0.39 is 0 Å². The van der Waals surface area contributed by atoms with Crippen LogP contribution in [0.25, 0.3) is 0 Å². The van der Waals surface area contributed by atoms with Gasteiger partial charge in [-0.1, -0.05) is 0 Å². The highest BCUT2D eigenvalue weighted by Crippen LogP contribution is 2.34. The highest BCUT2D eigenvalue weighted by Gasteiger charge is 2.38. The van der Waals surface area contributed by atoms with Gasteiger partial charge in [-0.05, 0) is 25.8 Å². The fourth-order valence-corrected chi connectivity index (χ4v) is 1.08. The molecule has 1 aromatic rings. The first-order chi connectivity index (χ1) is 6.20. The second kappa shape index (κ2) is 2.80. The number of rotatable bonds is 2. The second-order valence-electron chi connectivity index (χ2n) is 3.65. The number of nitrogens with one attached hydrogen (secondary N) is 1. The summed E-state index contributed by atoms with van der Waals surface area (Å²) in [6, 6.07) is 1.66. The van der Waals surface area contributed by atoms with Crippen molar-refractivity contribution in [3.63, 3.8) is 0 Å². The average Bonchev–Trinajstić information content (AvgIpc) is 2.85. The number of nitrogens with zero attached hydrogens (tertiary/aromatic N) is 2. The molecule has 1 aliphatic carbocycles. The third-order valence-electron chi connectivity index (χ3n) is 2.26. The van der Waals surface area contributed by atoms with Gasteiger partial charge in [0, 0.05) is 5.54 Å². The summed E-state index contributed by atoms with van der Waals surface area (Å²) in [5, 5.41) is 10.2. The first kappa shape index (κ1) is 8.16. The molecule has 0 unspecified atom stereocenters. The molecule has 1 aromatic heterocycles. The van der Waals surface area contributed by atoms with Crippen LogP contribution in [0.2, 0.25) is 0 Å². The zero-order chi connectivity index (χ0) is 9.31. The molecular formula is C9H11N3O. The Balaban J connectivity index is 2.06. The molecule has 4 heteroatoms. The van der Waals surface area contributed by atoms with Gasteiger partial charge in [-0.15, -0.1) is 0 Å². The number of carbonyl (C=O) groups excluding carboxylic acids is 1. The molecule has 0 radical (unpaired) electrons. The standard InChI is InChI=1S/C9H11N3O/c1-9(3-4-9)12-8(13)7-2-5-10-11-6-7/h2,5-6H,3-4H2,1H3,(H,12,13). The van der Waals surface area contributed by atoms with Gasteiger partial charge in [0.1, 0.15) is 0 Å². The first-order valence-corrected chi connectivity index (χ1v) is 4.29.